The molecule has 1 heterocycles. The third kappa shape index (κ3) is 2.65. The first-order valence-electron chi connectivity index (χ1n) is 6.53. The summed E-state index contributed by atoms with van der Waals surface area (Å²) in [6.45, 7) is 0.836. The van der Waals surface area contributed by atoms with Crippen LogP contribution >= 0.6 is 0 Å². The number of amides is 1. The fraction of sp³-hybridized carbons (Fsp3) is 0.188. The molecule has 1 aliphatic heterocycles. The summed E-state index contributed by atoms with van der Waals surface area (Å²) in [7, 11) is 0. The molecule has 0 aliphatic carbocycles. The van der Waals surface area contributed by atoms with Gasteiger partial charge in [-0.3, -0.25) is 4.79 Å². The summed E-state index contributed by atoms with van der Waals surface area (Å²) in [6, 6.07) is 16.5. The topological polar surface area (TPSA) is 49.8 Å². The molecule has 0 atom stereocenters. The van der Waals surface area contributed by atoms with E-state index in [0.29, 0.717) is 24.4 Å². The molecule has 0 aromatic heterocycles. The summed E-state index contributed by atoms with van der Waals surface area (Å²) < 4.78 is 5.67. The SMILES string of the molecule is O=C(c1ccc(Oc2ccccc2)cc1)N1CC(O)C1. The van der Waals surface area contributed by atoms with Gasteiger partial charge in [-0.1, -0.05) is 18.2 Å². The van der Waals surface area contributed by atoms with E-state index in [1.54, 1.807) is 29.2 Å². The second-order valence-corrected chi connectivity index (χ2v) is 4.80. The van der Waals surface area contributed by atoms with Gasteiger partial charge in [-0.05, 0) is 36.4 Å². The first kappa shape index (κ1) is 12.7. The Morgan fingerprint density at radius 2 is 1.60 bits per heavy atom. The molecule has 4 nitrogen and oxygen atoms in total. The molecule has 1 amide bonds. The summed E-state index contributed by atoms with van der Waals surface area (Å²) in [4.78, 5) is 13.6. The third-order valence-electron chi connectivity index (χ3n) is 3.23. The number of carbonyl (C=O) groups excluding carboxylic acids is 1. The number of nitrogens with zero attached hydrogens (tertiary/aromatic N) is 1. The highest BCUT2D eigenvalue weighted by Gasteiger charge is 2.29. The van der Waals surface area contributed by atoms with E-state index < -0.39 is 0 Å². The lowest BCUT2D eigenvalue weighted by Crippen LogP contribution is -2.53. The van der Waals surface area contributed by atoms with Crippen molar-refractivity contribution in [2.75, 3.05) is 13.1 Å². The highest BCUT2D eigenvalue weighted by Crippen LogP contribution is 2.22. The van der Waals surface area contributed by atoms with E-state index in [-0.39, 0.29) is 12.0 Å². The highest BCUT2D eigenvalue weighted by molar-refractivity contribution is 5.94. The summed E-state index contributed by atoms with van der Waals surface area (Å²) in [6.07, 6.45) is -0.375. The third-order valence-corrected chi connectivity index (χ3v) is 3.23. The predicted octanol–water partition coefficient (Wildman–Crippen LogP) is 2.30. The molecule has 0 saturated carbocycles. The van der Waals surface area contributed by atoms with Crippen LogP contribution in [0.2, 0.25) is 0 Å². The number of hydrogen-bond acceptors (Lipinski definition) is 3. The Bertz CT molecular complexity index is 589. The fourth-order valence-electron chi connectivity index (χ4n) is 2.09. The maximum atomic E-state index is 12.0. The Morgan fingerprint density at radius 3 is 2.20 bits per heavy atom. The van der Waals surface area contributed by atoms with Crippen LogP contribution in [0.5, 0.6) is 11.5 Å². The molecule has 3 rings (SSSR count). The number of aliphatic hydroxyl groups is 1. The Labute approximate surface area is 117 Å². The molecule has 2 aromatic rings. The summed E-state index contributed by atoms with van der Waals surface area (Å²) in [5.74, 6) is 1.40. The van der Waals surface area contributed by atoms with E-state index in [0.717, 1.165) is 5.75 Å². The Hall–Kier alpha value is -2.33. The van der Waals surface area contributed by atoms with Gasteiger partial charge >= 0.3 is 0 Å². The van der Waals surface area contributed by atoms with E-state index in [9.17, 15) is 9.90 Å². The predicted molar refractivity (Wildman–Crippen MR) is 74.9 cm³/mol. The van der Waals surface area contributed by atoms with Gasteiger partial charge in [0, 0.05) is 18.7 Å². The maximum absolute atomic E-state index is 12.0. The van der Waals surface area contributed by atoms with Gasteiger partial charge in [0.05, 0.1) is 6.10 Å². The fourth-order valence-corrected chi connectivity index (χ4v) is 2.09. The number of ether oxygens (including phenoxy) is 1. The van der Waals surface area contributed by atoms with Gasteiger partial charge < -0.3 is 14.7 Å². The van der Waals surface area contributed by atoms with E-state index in [4.69, 9.17) is 4.74 Å². The minimum atomic E-state index is -0.375. The Morgan fingerprint density at radius 1 is 1.00 bits per heavy atom. The van der Waals surface area contributed by atoms with Crippen molar-refractivity contribution in [2.45, 2.75) is 6.10 Å². The molecule has 0 unspecified atom stereocenters. The second kappa shape index (κ2) is 5.35. The van der Waals surface area contributed by atoms with Crippen molar-refractivity contribution in [3.8, 4) is 11.5 Å². The number of β-amino-alcohol motifs (C(OH)–C–C–N with tert-alkyl or cyclic N) is 1. The van der Waals surface area contributed by atoms with Gasteiger partial charge in [0.15, 0.2) is 0 Å². The Balaban J connectivity index is 1.67. The van der Waals surface area contributed by atoms with E-state index in [1.165, 1.54) is 0 Å². The van der Waals surface area contributed by atoms with Crippen molar-refractivity contribution in [1.82, 2.24) is 4.90 Å². The van der Waals surface area contributed by atoms with Crippen molar-refractivity contribution in [3.63, 3.8) is 0 Å². The van der Waals surface area contributed by atoms with Crippen molar-refractivity contribution >= 4 is 5.91 Å². The molecule has 4 heteroatoms. The van der Waals surface area contributed by atoms with Gasteiger partial charge in [-0.25, -0.2) is 0 Å². The van der Waals surface area contributed by atoms with Gasteiger partial charge in [-0.15, -0.1) is 0 Å². The minimum Gasteiger partial charge on any atom is -0.457 e. The molecule has 1 aliphatic rings. The lowest BCUT2D eigenvalue weighted by molar-refractivity contribution is 0.00589. The second-order valence-electron chi connectivity index (χ2n) is 4.80. The van der Waals surface area contributed by atoms with Gasteiger partial charge in [0.25, 0.3) is 5.91 Å². The van der Waals surface area contributed by atoms with Crippen molar-refractivity contribution in [1.29, 1.82) is 0 Å². The van der Waals surface area contributed by atoms with Crippen LogP contribution in [0.4, 0.5) is 0 Å². The van der Waals surface area contributed by atoms with Crippen LogP contribution in [0.3, 0.4) is 0 Å². The molecule has 0 bridgehead atoms. The highest BCUT2D eigenvalue weighted by atomic mass is 16.5. The normalized spacial score (nSPS) is 14.8. The number of para-hydroxylation sites is 1. The average molecular weight is 269 g/mol. The molecule has 0 spiro atoms. The van der Waals surface area contributed by atoms with Crippen LogP contribution in [-0.2, 0) is 0 Å². The van der Waals surface area contributed by atoms with Crippen LogP contribution in [0.25, 0.3) is 0 Å². The summed E-state index contributed by atoms with van der Waals surface area (Å²) in [5, 5.41) is 9.21. The standard InChI is InChI=1S/C16H15NO3/c18-13-10-17(11-13)16(19)12-6-8-15(9-7-12)20-14-4-2-1-3-5-14/h1-9,13,18H,10-11H2. The van der Waals surface area contributed by atoms with Crippen LogP contribution < -0.4 is 4.74 Å². The van der Waals surface area contributed by atoms with Crippen LogP contribution in [-0.4, -0.2) is 35.1 Å². The molecular formula is C16H15NO3. The van der Waals surface area contributed by atoms with Crippen LogP contribution in [0.1, 0.15) is 10.4 Å². The van der Waals surface area contributed by atoms with Crippen molar-refractivity contribution < 1.29 is 14.6 Å². The smallest absolute Gasteiger partial charge is 0.254 e. The molecule has 1 N–H and O–H groups in total. The van der Waals surface area contributed by atoms with Gasteiger partial charge in [0.1, 0.15) is 11.5 Å². The van der Waals surface area contributed by atoms with Gasteiger partial charge in [0.2, 0.25) is 0 Å². The van der Waals surface area contributed by atoms with E-state index in [2.05, 4.69) is 0 Å². The maximum Gasteiger partial charge on any atom is 0.254 e. The number of rotatable bonds is 3. The first-order chi connectivity index (χ1) is 9.72. The zero-order valence-corrected chi connectivity index (χ0v) is 10.9. The van der Waals surface area contributed by atoms with E-state index in [1.807, 2.05) is 30.3 Å². The van der Waals surface area contributed by atoms with Gasteiger partial charge in [-0.2, -0.15) is 0 Å². The molecule has 20 heavy (non-hydrogen) atoms. The van der Waals surface area contributed by atoms with Crippen molar-refractivity contribution in [3.05, 3.63) is 60.2 Å². The average Bonchev–Trinajstić information content (AvgIpc) is 2.45. The molecule has 102 valence electrons. The lowest BCUT2D eigenvalue weighted by Gasteiger charge is -2.35. The zero-order valence-electron chi connectivity index (χ0n) is 10.9. The van der Waals surface area contributed by atoms with E-state index >= 15 is 0 Å². The van der Waals surface area contributed by atoms with Crippen molar-refractivity contribution in [2.24, 2.45) is 0 Å². The number of hydrogen-bond donors (Lipinski definition) is 1. The molecular weight excluding hydrogens is 254 g/mol. The number of likely N-dealkylation sites (tertiary alicyclic amines) is 1. The largest absolute Gasteiger partial charge is 0.457 e. The molecule has 2 aromatic carbocycles. The van der Waals surface area contributed by atoms with Crippen LogP contribution in [0, 0.1) is 0 Å². The summed E-state index contributed by atoms with van der Waals surface area (Å²) in [5.41, 5.74) is 0.609. The summed E-state index contributed by atoms with van der Waals surface area (Å²) >= 11 is 0. The quantitative estimate of drug-likeness (QED) is 0.930. The molecule has 1 fully saturated rings. The molecule has 0 radical (unpaired) electrons. The number of aliphatic hydroxyl groups excluding tert-OH is 1. The molecule has 1 saturated heterocycles. The Kier molecular flexibility index (Phi) is 3.39. The zero-order chi connectivity index (χ0) is 13.9. The van der Waals surface area contributed by atoms with Crippen LogP contribution in [0.15, 0.2) is 54.6 Å². The number of carbonyl (C=O) groups is 1. The lowest BCUT2D eigenvalue weighted by atomic mass is 10.1. The number of benzene rings is 2. The first-order valence-corrected chi connectivity index (χ1v) is 6.53. The minimum absolute atomic E-state index is 0.0541. The monoisotopic (exact) mass is 269 g/mol.